The highest BCUT2D eigenvalue weighted by Gasteiger charge is 2.25. The molecule has 1 N–H and O–H groups in total. The van der Waals surface area contributed by atoms with E-state index < -0.39 is 11.6 Å². The first kappa shape index (κ1) is 20.5. The summed E-state index contributed by atoms with van der Waals surface area (Å²) in [6.07, 6.45) is 2.00. The lowest BCUT2D eigenvalue weighted by Gasteiger charge is -2.07. The van der Waals surface area contributed by atoms with Crippen molar-refractivity contribution in [3.63, 3.8) is 0 Å². The first-order chi connectivity index (χ1) is 15.5. The number of para-hydroxylation sites is 2. The van der Waals surface area contributed by atoms with Crippen LogP contribution in [0.25, 0.3) is 16.7 Å². The number of halogens is 2. The second kappa shape index (κ2) is 7.97. The van der Waals surface area contributed by atoms with Gasteiger partial charge in [0.05, 0.1) is 32.3 Å². The summed E-state index contributed by atoms with van der Waals surface area (Å²) in [6.45, 7) is 0. The van der Waals surface area contributed by atoms with E-state index in [1.54, 1.807) is 66.7 Å². The molecule has 6 nitrogen and oxygen atoms in total. The highest BCUT2D eigenvalue weighted by atomic mass is 35.5. The average molecular weight is 466 g/mol. The lowest BCUT2D eigenvalue weighted by atomic mass is 10.2. The van der Waals surface area contributed by atoms with Gasteiger partial charge in [0.15, 0.2) is 0 Å². The van der Waals surface area contributed by atoms with Crippen LogP contribution < -0.4 is 11.0 Å². The quantitative estimate of drug-likeness (QED) is 0.475. The van der Waals surface area contributed by atoms with Gasteiger partial charge in [-0.05, 0) is 61.4 Å². The molecule has 4 aromatic rings. The second-order valence-corrected chi connectivity index (χ2v) is 8.45. The Kier molecular flexibility index (Phi) is 5.12. The van der Waals surface area contributed by atoms with Crippen molar-refractivity contribution in [2.75, 3.05) is 0 Å². The Hall–Kier alpha value is -3.35. The number of hydrogen-bond donors (Lipinski definition) is 1. The summed E-state index contributed by atoms with van der Waals surface area (Å²) in [5.41, 5.74) is 1.52. The van der Waals surface area contributed by atoms with Crippen molar-refractivity contribution < 1.29 is 9.59 Å². The Morgan fingerprint density at radius 3 is 2.09 bits per heavy atom. The number of benzene rings is 3. The van der Waals surface area contributed by atoms with Gasteiger partial charge in [-0.3, -0.25) is 14.2 Å². The van der Waals surface area contributed by atoms with Crippen molar-refractivity contribution in [1.29, 1.82) is 0 Å². The maximum absolute atomic E-state index is 13.4. The van der Waals surface area contributed by atoms with Crippen LogP contribution in [0.15, 0.2) is 71.5 Å². The third-order valence-corrected chi connectivity index (χ3v) is 6.06. The molecule has 0 saturated heterocycles. The molecule has 5 rings (SSSR count). The van der Waals surface area contributed by atoms with E-state index in [2.05, 4.69) is 5.32 Å². The van der Waals surface area contributed by atoms with Gasteiger partial charge in [0.1, 0.15) is 0 Å². The molecular weight excluding hydrogens is 449 g/mol. The molecule has 0 spiro atoms. The third-order valence-electron chi connectivity index (χ3n) is 5.43. The number of aromatic nitrogens is 2. The fourth-order valence-electron chi connectivity index (χ4n) is 3.67. The van der Waals surface area contributed by atoms with Gasteiger partial charge in [-0.2, -0.15) is 0 Å². The number of fused-ring (bicyclic) bond motifs is 1. The minimum atomic E-state index is -0.610. The van der Waals surface area contributed by atoms with Crippen LogP contribution in [0, 0.1) is 0 Å². The van der Waals surface area contributed by atoms with Gasteiger partial charge in [-0.25, -0.2) is 9.36 Å². The maximum atomic E-state index is 13.4. The van der Waals surface area contributed by atoms with E-state index in [0.717, 1.165) is 17.4 Å². The minimum absolute atomic E-state index is 0.0629. The lowest BCUT2D eigenvalue weighted by molar-refractivity contribution is 0.0946. The van der Waals surface area contributed by atoms with Gasteiger partial charge in [0.2, 0.25) is 0 Å². The molecule has 1 amide bonds. The van der Waals surface area contributed by atoms with Crippen molar-refractivity contribution in [2.45, 2.75) is 18.9 Å². The van der Waals surface area contributed by atoms with Crippen molar-refractivity contribution in [3.8, 4) is 5.69 Å². The predicted molar refractivity (Wildman–Crippen MR) is 124 cm³/mol. The number of nitrogens with zero attached hydrogens (tertiary/aromatic N) is 2. The van der Waals surface area contributed by atoms with E-state index in [1.807, 2.05) is 0 Å². The normalized spacial score (nSPS) is 13.3. The average Bonchev–Trinajstić information content (AvgIpc) is 3.54. The number of amides is 1. The van der Waals surface area contributed by atoms with Crippen LogP contribution in [0.5, 0.6) is 0 Å². The van der Waals surface area contributed by atoms with E-state index in [1.165, 1.54) is 4.57 Å². The van der Waals surface area contributed by atoms with Crippen LogP contribution in [0.1, 0.15) is 33.6 Å². The summed E-state index contributed by atoms with van der Waals surface area (Å²) >= 11 is 12.4. The lowest BCUT2D eigenvalue weighted by Crippen LogP contribution is -2.29. The summed E-state index contributed by atoms with van der Waals surface area (Å²) < 4.78 is 2.50. The molecule has 1 aliphatic carbocycles. The number of imidazole rings is 1. The fourth-order valence-corrected chi connectivity index (χ4v) is 4.23. The van der Waals surface area contributed by atoms with Crippen molar-refractivity contribution in [2.24, 2.45) is 0 Å². The van der Waals surface area contributed by atoms with E-state index in [9.17, 15) is 14.4 Å². The molecule has 1 aromatic heterocycles. The molecule has 8 heteroatoms. The Balaban J connectivity index is 1.63. The van der Waals surface area contributed by atoms with Gasteiger partial charge in [0, 0.05) is 11.6 Å². The molecule has 3 aromatic carbocycles. The molecule has 0 bridgehead atoms. The largest absolute Gasteiger partial charge is 0.349 e. The van der Waals surface area contributed by atoms with Gasteiger partial charge >= 0.3 is 5.69 Å². The molecule has 1 heterocycles. The van der Waals surface area contributed by atoms with Crippen molar-refractivity contribution >= 4 is 46.0 Å². The van der Waals surface area contributed by atoms with E-state index in [0.29, 0.717) is 22.3 Å². The number of rotatable bonds is 4. The van der Waals surface area contributed by atoms with E-state index in [-0.39, 0.29) is 27.6 Å². The smallest absolute Gasteiger partial charge is 0.340 e. The highest BCUT2D eigenvalue weighted by Crippen LogP contribution is 2.27. The molecule has 0 aliphatic heterocycles. The Bertz CT molecular complexity index is 1410. The number of hydrogen-bond acceptors (Lipinski definition) is 3. The summed E-state index contributed by atoms with van der Waals surface area (Å²) in [6, 6.07) is 18.7. The third kappa shape index (κ3) is 3.51. The molecule has 1 saturated carbocycles. The van der Waals surface area contributed by atoms with Crippen molar-refractivity contribution in [1.82, 2.24) is 14.5 Å². The molecule has 1 aliphatic rings. The zero-order valence-electron chi connectivity index (χ0n) is 16.7. The van der Waals surface area contributed by atoms with Crippen LogP contribution >= 0.6 is 23.2 Å². The van der Waals surface area contributed by atoms with E-state index in [4.69, 9.17) is 23.2 Å². The van der Waals surface area contributed by atoms with Crippen LogP contribution in [0.4, 0.5) is 0 Å². The molecular formula is C24H17Cl2N3O3. The van der Waals surface area contributed by atoms with Gasteiger partial charge in [0.25, 0.3) is 11.8 Å². The van der Waals surface area contributed by atoms with Crippen LogP contribution in [-0.2, 0) is 0 Å². The first-order valence-electron chi connectivity index (χ1n) is 10.1. The molecule has 1 fully saturated rings. The maximum Gasteiger partial charge on any atom is 0.340 e. The monoisotopic (exact) mass is 465 g/mol. The minimum Gasteiger partial charge on any atom is -0.349 e. The molecule has 0 radical (unpaired) electrons. The predicted octanol–water partition coefficient (Wildman–Crippen LogP) is 4.68. The van der Waals surface area contributed by atoms with Gasteiger partial charge in [-0.15, -0.1) is 0 Å². The highest BCUT2D eigenvalue weighted by molar-refractivity contribution is 6.39. The van der Waals surface area contributed by atoms with Crippen molar-refractivity contribution in [3.05, 3.63) is 98.4 Å². The van der Waals surface area contributed by atoms with Gasteiger partial charge < -0.3 is 5.32 Å². The summed E-state index contributed by atoms with van der Waals surface area (Å²) in [5, 5.41) is 3.27. The van der Waals surface area contributed by atoms with Crippen LogP contribution in [0.2, 0.25) is 10.0 Å². The first-order valence-corrected chi connectivity index (χ1v) is 10.8. The Labute approximate surface area is 193 Å². The van der Waals surface area contributed by atoms with Crippen LogP contribution in [-0.4, -0.2) is 27.0 Å². The second-order valence-electron chi connectivity index (χ2n) is 7.64. The zero-order valence-corrected chi connectivity index (χ0v) is 18.2. The number of carbonyl (C=O) groups excluding carboxylic acids is 2. The zero-order chi connectivity index (χ0) is 22.4. The molecule has 0 unspecified atom stereocenters. The number of nitrogens with one attached hydrogen (secondary N) is 1. The Morgan fingerprint density at radius 1 is 0.844 bits per heavy atom. The summed E-state index contributed by atoms with van der Waals surface area (Å²) in [5.74, 6) is -0.752. The van der Waals surface area contributed by atoms with Gasteiger partial charge in [-0.1, -0.05) is 41.4 Å². The topological polar surface area (TPSA) is 73.1 Å². The summed E-state index contributed by atoms with van der Waals surface area (Å²) in [4.78, 5) is 39.1. The number of carbonyl (C=O) groups is 2. The Morgan fingerprint density at radius 2 is 1.47 bits per heavy atom. The van der Waals surface area contributed by atoms with Crippen LogP contribution in [0.3, 0.4) is 0 Å². The summed E-state index contributed by atoms with van der Waals surface area (Å²) in [7, 11) is 0. The fraction of sp³-hybridized carbons (Fsp3) is 0.125. The van der Waals surface area contributed by atoms with E-state index >= 15 is 0 Å². The molecule has 160 valence electrons. The molecule has 0 atom stereocenters. The SMILES string of the molecule is O=C(NC1CC1)c1ccc(-n2c(=O)n(C(=O)c3c(Cl)cccc3Cl)c3ccccc32)cc1. The standard InChI is InChI=1S/C24H17Cl2N3O3/c25-17-4-3-5-18(26)21(17)23(31)29-20-7-2-1-6-19(20)28(24(29)32)16-12-8-14(9-13-16)22(30)27-15-10-11-15/h1-9,12-13,15H,10-11H2,(H,27,30). The molecule has 32 heavy (non-hydrogen) atoms.